The number of nitro benzene ring substituents is 1. The number of nitrogens with zero attached hydrogens (tertiary/aromatic N) is 2. The van der Waals surface area contributed by atoms with Gasteiger partial charge in [-0.3, -0.25) is 29.4 Å². The van der Waals surface area contributed by atoms with Crippen LogP contribution in [0.25, 0.3) is 0 Å². The Morgan fingerprint density at radius 1 is 1.15 bits per heavy atom. The van der Waals surface area contributed by atoms with E-state index in [1.54, 1.807) is 12.1 Å². The van der Waals surface area contributed by atoms with E-state index in [1.807, 2.05) is 0 Å². The van der Waals surface area contributed by atoms with Gasteiger partial charge in [-0.25, -0.2) is 0 Å². The summed E-state index contributed by atoms with van der Waals surface area (Å²) in [5.74, 6) is -1.63. The standard InChI is InChI=1S/C18H15N3O6/c1-10(20-17(23)12-5-3-4-6-13(12)18(20)24)16(22)19-14-8-7-11(21(25)26)9-15(14)27-2/h3-10H,1-2H3,(H,19,22). The number of ether oxygens (including phenoxy) is 1. The molecule has 27 heavy (non-hydrogen) atoms. The van der Waals surface area contributed by atoms with Crippen LogP contribution in [0.5, 0.6) is 5.75 Å². The van der Waals surface area contributed by atoms with Crippen LogP contribution >= 0.6 is 0 Å². The summed E-state index contributed by atoms with van der Waals surface area (Å²) in [6.07, 6.45) is 0. The van der Waals surface area contributed by atoms with Gasteiger partial charge in [-0.15, -0.1) is 0 Å². The largest absolute Gasteiger partial charge is 0.494 e. The molecule has 0 aromatic heterocycles. The van der Waals surface area contributed by atoms with Crippen molar-refractivity contribution in [3.63, 3.8) is 0 Å². The summed E-state index contributed by atoms with van der Waals surface area (Å²) in [6, 6.07) is 8.95. The Morgan fingerprint density at radius 3 is 2.26 bits per heavy atom. The lowest BCUT2D eigenvalue weighted by Gasteiger charge is -2.22. The van der Waals surface area contributed by atoms with Crippen molar-refractivity contribution in [1.82, 2.24) is 4.90 Å². The smallest absolute Gasteiger partial charge is 0.273 e. The van der Waals surface area contributed by atoms with Crippen LogP contribution in [0.4, 0.5) is 11.4 Å². The molecule has 1 aliphatic rings. The quantitative estimate of drug-likeness (QED) is 0.490. The molecular weight excluding hydrogens is 354 g/mol. The molecule has 0 fully saturated rings. The zero-order chi connectivity index (χ0) is 19.7. The van der Waals surface area contributed by atoms with Crippen molar-refractivity contribution >= 4 is 29.1 Å². The number of fused-ring (bicyclic) bond motifs is 1. The van der Waals surface area contributed by atoms with E-state index < -0.39 is 28.7 Å². The van der Waals surface area contributed by atoms with Gasteiger partial charge in [-0.05, 0) is 25.1 Å². The lowest BCUT2D eigenvalue weighted by molar-refractivity contribution is -0.384. The number of carbonyl (C=O) groups excluding carboxylic acids is 3. The molecule has 2 aromatic carbocycles. The van der Waals surface area contributed by atoms with Crippen molar-refractivity contribution in [2.45, 2.75) is 13.0 Å². The molecule has 9 heteroatoms. The molecule has 3 amide bonds. The summed E-state index contributed by atoms with van der Waals surface area (Å²) in [4.78, 5) is 48.7. The number of nitrogens with one attached hydrogen (secondary N) is 1. The topological polar surface area (TPSA) is 119 Å². The molecule has 0 spiro atoms. The van der Waals surface area contributed by atoms with E-state index in [2.05, 4.69) is 5.32 Å². The molecule has 0 bridgehead atoms. The first kappa shape index (κ1) is 18.1. The van der Waals surface area contributed by atoms with Gasteiger partial charge < -0.3 is 10.1 Å². The second-order valence-electron chi connectivity index (χ2n) is 5.83. The number of anilines is 1. The van der Waals surface area contributed by atoms with Gasteiger partial charge in [0.15, 0.2) is 0 Å². The molecule has 1 N–H and O–H groups in total. The number of methoxy groups -OCH3 is 1. The molecule has 9 nitrogen and oxygen atoms in total. The molecule has 1 atom stereocenters. The maximum Gasteiger partial charge on any atom is 0.273 e. The first-order chi connectivity index (χ1) is 12.8. The first-order valence-electron chi connectivity index (χ1n) is 7.95. The van der Waals surface area contributed by atoms with Crippen LogP contribution in [0.15, 0.2) is 42.5 Å². The minimum atomic E-state index is -1.09. The van der Waals surface area contributed by atoms with Gasteiger partial charge in [0, 0.05) is 6.07 Å². The zero-order valence-corrected chi connectivity index (χ0v) is 14.5. The minimum Gasteiger partial charge on any atom is -0.494 e. The predicted molar refractivity (Wildman–Crippen MR) is 94.7 cm³/mol. The van der Waals surface area contributed by atoms with Gasteiger partial charge in [0.2, 0.25) is 5.91 Å². The number of hydrogen-bond donors (Lipinski definition) is 1. The van der Waals surface area contributed by atoms with Gasteiger partial charge in [-0.2, -0.15) is 0 Å². The summed E-state index contributed by atoms with van der Waals surface area (Å²) >= 11 is 0. The molecule has 1 aliphatic heterocycles. The Balaban J connectivity index is 1.82. The summed E-state index contributed by atoms with van der Waals surface area (Å²) in [5.41, 5.74) is 0.486. The van der Waals surface area contributed by atoms with Gasteiger partial charge in [0.25, 0.3) is 17.5 Å². The van der Waals surface area contributed by atoms with E-state index in [4.69, 9.17) is 4.74 Å². The highest BCUT2D eigenvalue weighted by Crippen LogP contribution is 2.30. The lowest BCUT2D eigenvalue weighted by Crippen LogP contribution is -2.45. The molecule has 0 radical (unpaired) electrons. The maximum absolute atomic E-state index is 12.6. The highest BCUT2D eigenvalue weighted by molar-refractivity contribution is 6.23. The average Bonchev–Trinajstić information content (AvgIpc) is 2.92. The number of amides is 3. The van der Waals surface area contributed by atoms with E-state index in [0.717, 1.165) is 4.90 Å². The van der Waals surface area contributed by atoms with E-state index >= 15 is 0 Å². The molecule has 1 heterocycles. The Kier molecular flexibility index (Phi) is 4.59. The van der Waals surface area contributed by atoms with Crippen LogP contribution in [0.3, 0.4) is 0 Å². The van der Waals surface area contributed by atoms with Gasteiger partial charge >= 0.3 is 0 Å². The number of hydrogen-bond acceptors (Lipinski definition) is 6. The predicted octanol–water partition coefficient (Wildman–Crippen LogP) is 2.23. The third-order valence-electron chi connectivity index (χ3n) is 4.25. The van der Waals surface area contributed by atoms with Crippen molar-refractivity contribution in [3.8, 4) is 5.75 Å². The molecule has 138 valence electrons. The SMILES string of the molecule is COc1cc([N+](=O)[O-])ccc1NC(=O)C(C)N1C(=O)c2ccccc2C1=O. The average molecular weight is 369 g/mol. The van der Waals surface area contributed by atoms with E-state index in [1.165, 1.54) is 44.4 Å². The monoisotopic (exact) mass is 369 g/mol. The highest BCUT2D eigenvalue weighted by Gasteiger charge is 2.40. The van der Waals surface area contributed by atoms with Crippen LogP contribution in [0.1, 0.15) is 27.6 Å². The van der Waals surface area contributed by atoms with Gasteiger partial charge in [-0.1, -0.05) is 12.1 Å². The van der Waals surface area contributed by atoms with E-state index in [9.17, 15) is 24.5 Å². The number of benzene rings is 2. The molecule has 3 rings (SSSR count). The third-order valence-corrected chi connectivity index (χ3v) is 4.25. The van der Waals surface area contributed by atoms with Crippen molar-refractivity contribution in [3.05, 3.63) is 63.7 Å². The molecule has 0 saturated heterocycles. The van der Waals surface area contributed by atoms with Crippen LogP contribution in [-0.2, 0) is 4.79 Å². The fourth-order valence-corrected chi connectivity index (χ4v) is 2.81. The number of non-ortho nitro benzene ring substituents is 1. The normalized spacial score (nSPS) is 13.9. The zero-order valence-electron chi connectivity index (χ0n) is 14.5. The maximum atomic E-state index is 12.6. The van der Waals surface area contributed by atoms with Crippen LogP contribution in [-0.4, -0.2) is 40.7 Å². The van der Waals surface area contributed by atoms with Crippen molar-refractivity contribution < 1.29 is 24.0 Å². The van der Waals surface area contributed by atoms with Crippen LogP contribution in [0.2, 0.25) is 0 Å². The fraction of sp³-hybridized carbons (Fsp3) is 0.167. The first-order valence-corrected chi connectivity index (χ1v) is 7.95. The van der Waals surface area contributed by atoms with E-state index in [0.29, 0.717) is 0 Å². The lowest BCUT2D eigenvalue weighted by atomic mass is 10.1. The van der Waals surface area contributed by atoms with Crippen molar-refractivity contribution in [2.75, 3.05) is 12.4 Å². The number of imide groups is 1. The Morgan fingerprint density at radius 2 is 1.74 bits per heavy atom. The molecular formula is C18H15N3O6. The van der Waals surface area contributed by atoms with Crippen LogP contribution < -0.4 is 10.1 Å². The highest BCUT2D eigenvalue weighted by atomic mass is 16.6. The summed E-state index contributed by atoms with van der Waals surface area (Å²) in [5, 5.41) is 13.4. The Hall–Kier alpha value is -3.75. The summed E-state index contributed by atoms with van der Waals surface area (Å²) in [6.45, 7) is 1.43. The summed E-state index contributed by atoms with van der Waals surface area (Å²) < 4.78 is 5.07. The van der Waals surface area contributed by atoms with Crippen molar-refractivity contribution in [2.24, 2.45) is 0 Å². The van der Waals surface area contributed by atoms with E-state index in [-0.39, 0.29) is 28.3 Å². The number of carbonyl (C=O) groups is 3. The number of nitro groups is 1. The van der Waals surface area contributed by atoms with Gasteiger partial charge in [0.1, 0.15) is 11.8 Å². The third kappa shape index (κ3) is 3.10. The Bertz CT molecular complexity index is 936. The molecule has 1 unspecified atom stereocenters. The van der Waals surface area contributed by atoms with Gasteiger partial charge in [0.05, 0.1) is 34.9 Å². The van der Waals surface area contributed by atoms with Crippen molar-refractivity contribution in [1.29, 1.82) is 0 Å². The fourth-order valence-electron chi connectivity index (χ4n) is 2.81. The summed E-state index contributed by atoms with van der Waals surface area (Å²) in [7, 11) is 1.31. The second-order valence-corrected chi connectivity index (χ2v) is 5.83. The number of rotatable bonds is 5. The second kappa shape index (κ2) is 6.87. The molecule has 0 aliphatic carbocycles. The molecule has 0 saturated carbocycles. The Labute approximate surface area is 153 Å². The minimum absolute atomic E-state index is 0.0899. The molecule has 2 aromatic rings. The van der Waals surface area contributed by atoms with Crippen LogP contribution in [0, 0.1) is 10.1 Å².